The molecule has 0 saturated heterocycles. The van der Waals surface area contributed by atoms with E-state index in [1.54, 1.807) is 14.2 Å². The van der Waals surface area contributed by atoms with Gasteiger partial charge in [-0.3, -0.25) is 0 Å². The summed E-state index contributed by atoms with van der Waals surface area (Å²) in [7, 11) is 4.11. The van der Waals surface area contributed by atoms with Crippen molar-refractivity contribution in [2.24, 2.45) is 0 Å². The molecule has 0 N–H and O–H groups in total. The van der Waals surface area contributed by atoms with E-state index in [0.29, 0.717) is 8.58 Å². The fourth-order valence-electron chi connectivity index (χ4n) is 2.86. The maximum absolute atomic E-state index is 5.44. The maximum Gasteiger partial charge on any atom is 0.124 e. The minimum Gasteiger partial charge on any atom is -0.496 e. The molecule has 0 bridgehead atoms. The van der Waals surface area contributed by atoms with Gasteiger partial charge in [0, 0.05) is 8.41 Å². The van der Waals surface area contributed by atoms with Gasteiger partial charge in [0.15, 0.2) is 0 Å². The van der Waals surface area contributed by atoms with Crippen molar-refractivity contribution >= 4 is 27.6 Å². The van der Waals surface area contributed by atoms with E-state index < -0.39 is 0 Å². The van der Waals surface area contributed by atoms with Gasteiger partial charge in [-0.05, 0) is 84.8 Å². The van der Waals surface area contributed by atoms with Crippen LogP contribution in [0.4, 0.5) is 0 Å². The zero-order valence-corrected chi connectivity index (χ0v) is 15.2. The van der Waals surface area contributed by atoms with Gasteiger partial charge in [0.05, 0.1) is 14.2 Å². The van der Waals surface area contributed by atoms with Crippen LogP contribution in [0.15, 0.2) is 24.3 Å². The summed E-state index contributed by atoms with van der Waals surface area (Å²) in [6, 6.07) is 8.89. The molecule has 0 atom stereocenters. The second kappa shape index (κ2) is 7.69. The van der Waals surface area contributed by atoms with Crippen molar-refractivity contribution in [2.75, 3.05) is 14.2 Å². The fourth-order valence-corrected chi connectivity index (χ4v) is 4.34. The van der Waals surface area contributed by atoms with Crippen LogP contribution in [0.2, 0.25) is 0 Å². The van der Waals surface area contributed by atoms with E-state index in [-0.39, 0.29) is 8.41 Å². The van der Waals surface area contributed by atoms with E-state index >= 15 is 0 Å². The highest BCUT2D eigenvalue weighted by Crippen LogP contribution is 2.27. The highest BCUT2D eigenvalue weighted by molar-refractivity contribution is 7.55. The molecule has 0 aliphatic carbocycles. The average Bonchev–Trinajstić information content (AvgIpc) is 2.38. The van der Waals surface area contributed by atoms with Crippen LogP contribution in [0.1, 0.15) is 22.3 Å². The first kappa shape index (κ1) is 18.6. The second-order valence-corrected chi connectivity index (χ2v) is 6.82. The number of benzene rings is 2. The Morgan fingerprint density at radius 2 is 0.909 bits per heavy atom. The number of rotatable bonds is 4. The van der Waals surface area contributed by atoms with Gasteiger partial charge in [0.1, 0.15) is 11.5 Å². The van der Waals surface area contributed by atoms with Crippen molar-refractivity contribution in [2.45, 2.75) is 27.7 Å². The number of hydrogen-bond donors (Lipinski definition) is 0. The van der Waals surface area contributed by atoms with Crippen molar-refractivity contribution < 1.29 is 9.47 Å². The molecule has 2 rings (SSSR count). The van der Waals surface area contributed by atoms with E-state index in [1.807, 2.05) is 0 Å². The number of ether oxygens (including phenoxy) is 2. The van der Waals surface area contributed by atoms with Gasteiger partial charge in [-0.25, -0.2) is 0 Å². The van der Waals surface area contributed by atoms with Gasteiger partial charge >= 0.3 is 0 Å². The van der Waals surface area contributed by atoms with Crippen molar-refractivity contribution in [3.8, 4) is 11.5 Å². The molecule has 0 spiro atoms. The molecule has 0 unspecified atom stereocenters. The monoisotopic (exact) mass is 313 g/mol. The summed E-state index contributed by atoms with van der Waals surface area (Å²) in [6.07, 6.45) is 0. The van der Waals surface area contributed by atoms with Crippen LogP contribution in [0.25, 0.3) is 0 Å². The first-order valence-corrected chi connectivity index (χ1v) is 8.03. The first-order chi connectivity index (χ1) is 9.96. The second-order valence-electron chi connectivity index (χ2n) is 5.41. The summed E-state index contributed by atoms with van der Waals surface area (Å²) >= 11 is 0. The van der Waals surface area contributed by atoms with E-state index in [4.69, 9.17) is 9.47 Å². The van der Waals surface area contributed by atoms with Crippen molar-refractivity contribution in [1.29, 1.82) is 0 Å². The average molecular weight is 313 g/mol. The lowest BCUT2D eigenvalue weighted by Crippen LogP contribution is -2.08. The zero-order chi connectivity index (χ0) is 15.6. The van der Waals surface area contributed by atoms with Gasteiger partial charge in [-0.15, -0.1) is 0 Å². The molecule has 2 aromatic carbocycles. The molecule has 0 aliphatic heterocycles. The van der Waals surface area contributed by atoms with E-state index in [9.17, 15) is 0 Å². The van der Waals surface area contributed by atoms with E-state index in [0.717, 1.165) is 11.5 Å². The van der Waals surface area contributed by atoms with E-state index in [2.05, 4.69) is 52.0 Å². The molecule has 0 fully saturated rings. The third-order valence-corrected chi connectivity index (χ3v) is 4.77. The Hall–Kier alpha value is -1.47. The van der Waals surface area contributed by atoms with Crippen LogP contribution >= 0.6 is 8.58 Å². The lowest BCUT2D eigenvalue weighted by Gasteiger charge is -2.14. The number of aryl methyl sites for hydroxylation is 4. The summed E-state index contributed by atoms with van der Waals surface area (Å²) in [5, 5.41) is 2.68. The van der Waals surface area contributed by atoms with Crippen LogP contribution < -0.4 is 20.1 Å². The SMILES string of the molecule is COc1c(C)cc(Pc2cc(C)c(OC)c(C)c2)cc1C.[B]. The lowest BCUT2D eigenvalue weighted by molar-refractivity contribution is 0.408. The Bertz CT molecular complexity index is 565. The summed E-state index contributed by atoms with van der Waals surface area (Å²) in [5.74, 6) is 1.98. The molecule has 115 valence electrons. The highest BCUT2D eigenvalue weighted by Gasteiger charge is 2.09. The molecule has 4 heteroatoms. The molecular weight excluding hydrogens is 290 g/mol. The Morgan fingerprint density at radius 1 is 0.636 bits per heavy atom. The van der Waals surface area contributed by atoms with Gasteiger partial charge < -0.3 is 9.47 Å². The van der Waals surface area contributed by atoms with Crippen molar-refractivity contribution in [3.63, 3.8) is 0 Å². The van der Waals surface area contributed by atoms with Gasteiger partial charge in [-0.1, -0.05) is 8.58 Å². The van der Waals surface area contributed by atoms with Crippen LogP contribution in [0.5, 0.6) is 11.5 Å². The fraction of sp³-hybridized carbons (Fsp3) is 0.333. The summed E-state index contributed by atoms with van der Waals surface area (Å²) in [6.45, 7) is 8.41. The van der Waals surface area contributed by atoms with Crippen LogP contribution in [0, 0.1) is 27.7 Å². The quantitative estimate of drug-likeness (QED) is 0.637. The molecule has 2 nitrogen and oxygen atoms in total. The Balaban J connectivity index is 0.00000242. The number of hydrogen-bond acceptors (Lipinski definition) is 2. The smallest absolute Gasteiger partial charge is 0.124 e. The van der Waals surface area contributed by atoms with Crippen LogP contribution in [-0.2, 0) is 0 Å². The lowest BCUT2D eigenvalue weighted by atomic mass is 10.1. The highest BCUT2D eigenvalue weighted by atomic mass is 31.1. The third-order valence-electron chi connectivity index (χ3n) is 3.62. The first-order valence-electron chi connectivity index (χ1n) is 7.03. The normalized spacial score (nSPS) is 10.1. The molecule has 2 aromatic rings. The van der Waals surface area contributed by atoms with Crippen molar-refractivity contribution in [3.05, 3.63) is 46.5 Å². The van der Waals surface area contributed by atoms with Crippen LogP contribution in [-0.4, -0.2) is 22.6 Å². The van der Waals surface area contributed by atoms with Crippen molar-refractivity contribution in [1.82, 2.24) is 0 Å². The molecule has 0 aromatic heterocycles. The molecule has 0 amide bonds. The Kier molecular flexibility index (Phi) is 6.50. The molecule has 22 heavy (non-hydrogen) atoms. The zero-order valence-electron chi connectivity index (χ0n) is 14.2. The Morgan fingerprint density at radius 3 is 1.14 bits per heavy atom. The number of methoxy groups -OCH3 is 2. The molecule has 0 saturated carbocycles. The van der Waals surface area contributed by atoms with Gasteiger partial charge in [0.2, 0.25) is 0 Å². The maximum atomic E-state index is 5.44. The van der Waals surface area contributed by atoms with Gasteiger partial charge in [-0.2, -0.15) is 0 Å². The standard InChI is InChI=1S/C18H23O2P.B/c1-11-7-15(8-12(2)17(11)19-5)21-16-9-13(3)18(20-6)14(4)10-16;/h7-10,21H,1-6H3;. The minimum absolute atomic E-state index is 0. The van der Waals surface area contributed by atoms with E-state index in [1.165, 1.54) is 32.9 Å². The van der Waals surface area contributed by atoms with Gasteiger partial charge in [0.25, 0.3) is 0 Å². The third kappa shape index (κ3) is 3.84. The summed E-state index contributed by atoms with van der Waals surface area (Å²) < 4.78 is 10.9. The molecular formula is C18H23BO2P. The summed E-state index contributed by atoms with van der Waals surface area (Å²) in [4.78, 5) is 0. The minimum atomic E-state index is 0. The predicted molar refractivity (Wildman–Crippen MR) is 98.3 cm³/mol. The predicted octanol–water partition coefficient (Wildman–Crippen LogP) is 3.19. The van der Waals surface area contributed by atoms with Crippen LogP contribution in [0.3, 0.4) is 0 Å². The molecule has 0 aliphatic rings. The topological polar surface area (TPSA) is 18.5 Å². The molecule has 3 radical (unpaired) electrons. The summed E-state index contributed by atoms with van der Waals surface area (Å²) in [5.41, 5.74) is 4.79. The largest absolute Gasteiger partial charge is 0.496 e. The molecule has 0 heterocycles. The Labute approximate surface area is 137 Å².